The molecule has 1 spiro atoms. The molecule has 3 rings (SSSR count). The summed E-state index contributed by atoms with van der Waals surface area (Å²) in [5.74, 6) is 0. The van der Waals surface area contributed by atoms with Crippen molar-refractivity contribution >= 4 is 11.3 Å². The molecule has 2 aliphatic heterocycles. The summed E-state index contributed by atoms with van der Waals surface area (Å²) in [6.45, 7) is 8.63. The van der Waals surface area contributed by atoms with Gasteiger partial charge in [-0.05, 0) is 62.3 Å². The second-order valence-electron chi connectivity index (χ2n) is 5.98. The molecule has 0 saturated carbocycles. The van der Waals surface area contributed by atoms with Gasteiger partial charge in [-0.3, -0.25) is 4.90 Å². The average molecular weight is 250 g/mol. The average Bonchev–Trinajstić information content (AvgIpc) is 2.95. The summed E-state index contributed by atoms with van der Waals surface area (Å²) in [7, 11) is 2.26. The van der Waals surface area contributed by atoms with Crippen molar-refractivity contribution < 1.29 is 0 Å². The van der Waals surface area contributed by atoms with Crippen LogP contribution in [-0.2, 0) is 6.54 Å². The Morgan fingerprint density at radius 1 is 1.29 bits per heavy atom. The van der Waals surface area contributed by atoms with Gasteiger partial charge < -0.3 is 4.90 Å². The van der Waals surface area contributed by atoms with E-state index in [1.807, 2.05) is 11.3 Å². The molecule has 3 heteroatoms. The van der Waals surface area contributed by atoms with Gasteiger partial charge in [0.05, 0.1) is 0 Å². The standard InChI is InChI=1S/C14H22N2S/c1-12-3-8-17-13(12)9-16-7-5-14(11-16)4-6-15(2)10-14/h3,8H,4-7,9-11H2,1-2H3. The van der Waals surface area contributed by atoms with Gasteiger partial charge in [0.2, 0.25) is 0 Å². The number of likely N-dealkylation sites (tertiary alicyclic amines) is 2. The molecule has 1 aromatic heterocycles. The van der Waals surface area contributed by atoms with Crippen LogP contribution < -0.4 is 0 Å². The zero-order valence-corrected chi connectivity index (χ0v) is 11.7. The summed E-state index contributed by atoms with van der Waals surface area (Å²) in [4.78, 5) is 6.73. The Bertz CT molecular complexity index is 401. The summed E-state index contributed by atoms with van der Waals surface area (Å²) >= 11 is 1.92. The van der Waals surface area contributed by atoms with Gasteiger partial charge in [-0.1, -0.05) is 0 Å². The molecule has 2 aliphatic rings. The second-order valence-corrected chi connectivity index (χ2v) is 6.98. The second kappa shape index (κ2) is 4.38. The van der Waals surface area contributed by atoms with Crippen LogP contribution in [0.15, 0.2) is 11.4 Å². The molecule has 0 radical (unpaired) electrons. The number of nitrogens with zero attached hydrogens (tertiary/aromatic N) is 2. The van der Waals surface area contributed by atoms with Crippen molar-refractivity contribution in [2.75, 3.05) is 33.2 Å². The molecule has 1 unspecified atom stereocenters. The lowest BCUT2D eigenvalue weighted by Crippen LogP contribution is -2.29. The summed E-state index contributed by atoms with van der Waals surface area (Å²) in [5, 5.41) is 2.22. The van der Waals surface area contributed by atoms with Gasteiger partial charge in [0, 0.05) is 24.5 Å². The first-order valence-electron chi connectivity index (χ1n) is 6.61. The number of hydrogen-bond acceptors (Lipinski definition) is 3. The Kier molecular flexibility index (Phi) is 3.01. The van der Waals surface area contributed by atoms with Crippen LogP contribution in [0.4, 0.5) is 0 Å². The third-order valence-corrected chi connectivity index (χ3v) is 5.49. The van der Waals surface area contributed by atoms with Crippen LogP contribution in [0.1, 0.15) is 23.3 Å². The first-order chi connectivity index (χ1) is 8.17. The smallest absolute Gasteiger partial charge is 0.0330 e. The molecular weight excluding hydrogens is 228 g/mol. The molecular formula is C14H22N2S. The molecule has 0 amide bonds. The van der Waals surface area contributed by atoms with Crippen molar-refractivity contribution in [3.63, 3.8) is 0 Å². The molecule has 17 heavy (non-hydrogen) atoms. The van der Waals surface area contributed by atoms with Crippen LogP contribution in [0.2, 0.25) is 0 Å². The van der Waals surface area contributed by atoms with Crippen molar-refractivity contribution in [3.8, 4) is 0 Å². The van der Waals surface area contributed by atoms with Crippen molar-refractivity contribution in [3.05, 3.63) is 21.9 Å². The maximum absolute atomic E-state index is 2.66. The van der Waals surface area contributed by atoms with Crippen LogP contribution in [0.3, 0.4) is 0 Å². The topological polar surface area (TPSA) is 6.48 Å². The number of thiophene rings is 1. The fourth-order valence-corrected chi connectivity index (χ4v) is 4.37. The van der Waals surface area contributed by atoms with Crippen LogP contribution in [0, 0.1) is 12.3 Å². The van der Waals surface area contributed by atoms with E-state index in [0.717, 1.165) is 0 Å². The zero-order valence-electron chi connectivity index (χ0n) is 10.9. The maximum atomic E-state index is 2.66. The first-order valence-corrected chi connectivity index (χ1v) is 7.49. The molecule has 2 saturated heterocycles. The Morgan fingerprint density at radius 3 is 2.76 bits per heavy atom. The fraction of sp³-hybridized carbons (Fsp3) is 0.714. The maximum Gasteiger partial charge on any atom is 0.0330 e. The molecule has 2 nitrogen and oxygen atoms in total. The Morgan fingerprint density at radius 2 is 2.12 bits per heavy atom. The molecule has 0 aromatic carbocycles. The van der Waals surface area contributed by atoms with Gasteiger partial charge in [-0.25, -0.2) is 0 Å². The quantitative estimate of drug-likeness (QED) is 0.796. The van der Waals surface area contributed by atoms with Gasteiger partial charge in [-0.15, -0.1) is 11.3 Å². The summed E-state index contributed by atoms with van der Waals surface area (Å²) in [6.07, 6.45) is 2.81. The van der Waals surface area contributed by atoms with Crippen molar-refractivity contribution in [2.24, 2.45) is 5.41 Å². The highest BCUT2D eigenvalue weighted by molar-refractivity contribution is 7.10. The van der Waals surface area contributed by atoms with Crippen LogP contribution in [-0.4, -0.2) is 43.0 Å². The molecule has 0 aliphatic carbocycles. The SMILES string of the molecule is Cc1ccsc1CN1CCC2(CCN(C)C2)C1. The number of hydrogen-bond donors (Lipinski definition) is 0. The lowest BCUT2D eigenvalue weighted by atomic mass is 9.86. The van der Waals surface area contributed by atoms with Gasteiger partial charge in [0.15, 0.2) is 0 Å². The number of aryl methyl sites for hydroxylation is 1. The normalized spacial score (nSPS) is 30.7. The van der Waals surface area contributed by atoms with Crippen LogP contribution >= 0.6 is 11.3 Å². The molecule has 2 fully saturated rings. The summed E-state index contributed by atoms with van der Waals surface area (Å²) in [6, 6.07) is 2.25. The van der Waals surface area contributed by atoms with E-state index in [-0.39, 0.29) is 0 Å². The summed E-state index contributed by atoms with van der Waals surface area (Å²) in [5.41, 5.74) is 2.10. The van der Waals surface area contributed by atoms with Crippen LogP contribution in [0.5, 0.6) is 0 Å². The van der Waals surface area contributed by atoms with Gasteiger partial charge in [0.25, 0.3) is 0 Å². The Hall–Kier alpha value is -0.380. The zero-order chi connectivity index (χ0) is 11.9. The predicted octanol–water partition coefficient (Wildman–Crippen LogP) is 2.58. The predicted molar refractivity (Wildman–Crippen MR) is 73.5 cm³/mol. The van der Waals surface area contributed by atoms with Gasteiger partial charge in [-0.2, -0.15) is 0 Å². The minimum atomic E-state index is 0.625. The third kappa shape index (κ3) is 2.28. The van der Waals surface area contributed by atoms with E-state index in [4.69, 9.17) is 0 Å². The minimum Gasteiger partial charge on any atom is -0.306 e. The van der Waals surface area contributed by atoms with E-state index < -0.39 is 0 Å². The molecule has 3 heterocycles. The lowest BCUT2D eigenvalue weighted by Gasteiger charge is -2.23. The van der Waals surface area contributed by atoms with Crippen molar-refractivity contribution in [2.45, 2.75) is 26.3 Å². The monoisotopic (exact) mass is 250 g/mol. The fourth-order valence-electron chi connectivity index (χ4n) is 3.42. The van der Waals surface area contributed by atoms with E-state index in [1.165, 1.54) is 51.1 Å². The van der Waals surface area contributed by atoms with Crippen molar-refractivity contribution in [1.82, 2.24) is 9.80 Å². The van der Waals surface area contributed by atoms with E-state index in [0.29, 0.717) is 5.41 Å². The van der Waals surface area contributed by atoms with E-state index in [9.17, 15) is 0 Å². The van der Waals surface area contributed by atoms with E-state index >= 15 is 0 Å². The highest BCUT2D eigenvalue weighted by Crippen LogP contribution is 2.39. The lowest BCUT2D eigenvalue weighted by molar-refractivity contribution is 0.251. The Labute approximate surface area is 108 Å². The highest BCUT2D eigenvalue weighted by Gasteiger charge is 2.42. The van der Waals surface area contributed by atoms with Gasteiger partial charge in [0.1, 0.15) is 0 Å². The van der Waals surface area contributed by atoms with Crippen LogP contribution in [0.25, 0.3) is 0 Å². The molecule has 1 atom stereocenters. The Balaban J connectivity index is 1.63. The summed E-state index contributed by atoms with van der Waals surface area (Å²) < 4.78 is 0. The third-order valence-electron chi connectivity index (χ3n) is 4.48. The molecule has 1 aromatic rings. The largest absolute Gasteiger partial charge is 0.306 e. The highest BCUT2D eigenvalue weighted by atomic mass is 32.1. The number of rotatable bonds is 2. The van der Waals surface area contributed by atoms with E-state index in [2.05, 4.69) is 35.2 Å². The minimum absolute atomic E-state index is 0.625. The molecule has 0 bridgehead atoms. The first kappa shape index (κ1) is 11.7. The van der Waals surface area contributed by atoms with E-state index in [1.54, 1.807) is 4.88 Å². The molecule has 94 valence electrons. The van der Waals surface area contributed by atoms with Gasteiger partial charge >= 0.3 is 0 Å². The molecule has 0 N–H and O–H groups in total. The van der Waals surface area contributed by atoms with Crippen molar-refractivity contribution in [1.29, 1.82) is 0 Å².